The average molecular weight is 425 g/mol. The molecule has 8 nitrogen and oxygen atoms in total. The summed E-state index contributed by atoms with van der Waals surface area (Å²) in [4.78, 5) is 39.3. The maximum absolute atomic E-state index is 13.1. The molecule has 1 saturated heterocycles. The molecule has 3 rings (SSSR count). The second-order valence-electron chi connectivity index (χ2n) is 7.84. The summed E-state index contributed by atoms with van der Waals surface area (Å²) in [6, 6.07) is 8.28. The summed E-state index contributed by atoms with van der Waals surface area (Å²) in [6.45, 7) is 6.99. The van der Waals surface area contributed by atoms with E-state index in [0.717, 1.165) is 21.6 Å². The van der Waals surface area contributed by atoms with E-state index in [2.05, 4.69) is 10.6 Å². The van der Waals surface area contributed by atoms with E-state index in [4.69, 9.17) is 9.47 Å². The van der Waals surface area contributed by atoms with Crippen molar-refractivity contribution in [2.45, 2.75) is 33.2 Å². The number of carbonyl (C=O) groups is 3. The molecule has 4 amide bonds. The fraction of sp³-hybridized carbons (Fsp3) is 0.348. The standard InChI is InChI=1S/C23H27N3O5/c1-13-9-14(2)20(15(3)10-13)24-19(27)12-26-21(28)23(4,25-22(26)29)16-7-8-17(30-5)18(11-16)31-6/h7-11H,12H2,1-6H3,(H,24,27)(H,25,29). The molecule has 1 unspecified atom stereocenters. The van der Waals surface area contributed by atoms with E-state index in [1.165, 1.54) is 14.2 Å². The molecule has 0 aromatic heterocycles. The summed E-state index contributed by atoms with van der Waals surface area (Å²) in [5.74, 6) is -0.0242. The highest BCUT2D eigenvalue weighted by Gasteiger charge is 2.49. The Morgan fingerprint density at radius 3 is 2.23 bits per heavy atom. The third kappa shape index (κ3) is 4.05. The van der Waals surface area contributed by atoms with Crippen LogP contribution in [0, 0.1) is 20.8 Å². The summed E-state index contributed by atoms with van der Waals surface area (Å²) in [5.41, 5.74) is 2.80. The number of methoxy groups -OCH3 is 2. The van der Waals surface area contributed by atoms with Crippen LogP contribution in [0.4, 0.5) is 10.5 Å². The Morgan fingerprint density at radius 2 is 1.65 bits per heavy atom. The minimum atomic E-state index is -1.33. The zero-order chi connectivity index (χ0) is 22.9. The zero-order valence-corrected chi connectivity index (χ0v) is 18.6. The monoisotopic (exact) mass is 425 g/mol. The lowest BCUT2D eigenvalue weighted by molar-refractivity contribution is -0.133. The van der Waals surface area contributed by atoms with Crippen molar-refractivity contribution in [3.05, 3.63) is 52.6 Å². The molecule has 1 aliphatic rings. The second kappa shape index (κ2) is 8.29. The van der Waals surface area contributed by atoms with Gasteiger partial charge in [-0.25, -0.2) is 4.79 Å². The number of urea groups is 1. The fourth-order valence-corrected chi connectivity index (χ4v) is 3.88. The molecule has 8 heteroatoms. The Bertz CT molecular complexity index is 1040. The third-order valence-corrected chi connectivity index (χ3v) is 5.48. The van der Waals surface area contributed by atoms with Crippen molar-refractivity contribution in [2.24, 2.45) is 0 Å². The first-order valence-corrected chi connectivity index (χ1v) is 9.85. The van der Waals surface area contributed by atoms with Gasteiger partial charge >= 0.3 is 6.03 Å². The minimum absolute atomic E-state index is 0.389. The number of ether oxygens (including phenoxy) is 2. The predicted octanol–water partition coefficient (Wildman–Crippen LogP) is 3.03. The van der Waals surface area contributed by atoms with Gasteiger partial charge in [0.15, 0.2) is 11.5 Å². The Morgan fingerprint density at radius 1 is 1.03 bits per heavy atom. The summed E-state index contributed by atoms with van der Waals surface area (Å²) in [5, 5.41) is 5.52. The predicted molar refractivity (Wildman–Crippen MR) is 116 cm³/mol. The number of benzene rings is 2. The number of nitrogens with one attached hydrogen (secondary N) is 2. The number of imide groups is 1. The molecule has 2 N–H and O–H groups in total. The van der Waals surface area contributed by atoms with Crippen molar-refractivity contribution in [1.29, 1.82) is 0 Å². The van der Waals surface area contributed by atoms with Crippen LogP contribution < -0.4 is 20.1 Å². The molecule has 0 radical (unpaired) electrons. The van der Waals surface area contributed by atoms with E-state index >= 15 is 0 Å². The maximum atomic E-state index is 13.1. The van der Waals surface area contributed by atoms with Crippen molar-refractivity contribution in [1.82, 2.24) is 10.2 Å². The van der Waals surface area contributed by atoms with Crippen LogP contribution in [0.3, 0.4) is 0 Å². The Hall–Kier alpha value is -3.55. The van der Waals surface area contributed by atoms with Gasteiger partial charge in [-0.1, -0.05) is 23.8 Å². The van der Waals surface area contributed by atoms with Crippen molar-refractivity contribution >= 4 is 23.5 Å². The summed E-state index contributed by atoms with van der Waals surface area (Å²) in [6.07, 6.45) is 0. The fourth-order valence-electron chi connectivity index (χ4n) is 3.88. The van der Waals surface area contributed by atoms with Gasteiger partial charge in [-0.3, -0.25) is 14.5 Å². The van der Waals surface area contributed by atoms with E-state index < -0.39 is 23.4 Å². The summed E-state index contributed by atoms with van der Waals surface area (Å²) < 4.78 is 10.5. The van der Waals surface area contributed by atoms with Gasteiger partial charge < -0.3 is 20.1 Å². The topological polar surface area (TPSA) is 97.0 Å². The molecule has 1 aliphatic heterocycles. The van der Waals surface area contributed by atoms with Gasteiger partial charge in [0, 0.05) is 5.69 Å². The Labute approximate surface area is 181 Å². The molecule has 0 spiro atoms. The van der Waals surface area contributed by atoms with Crippen LogP contribution >= 0.6 is 0 Å². The Balaban J connectivity index is 1.81. The lowest BCUT2D eigenvalue weighted by Gasteiger charge is -2.23. The van der Waals surface area contributed by atoms with E-state index in [1.54, 1.807) is 25.1 Å². The van der Waals surface area contributed by atoms with Gasteiger partial charge in [-0.2, -0.15) is 0 Å². The molecular formula is C23H27N3O5. The van der Waals surface area contributed by atoms with E-state index in [0.29, 0.717) is 22.7 Å². The van der Waals surface area contributed by atoms with E-state index in [1.807, 2.05) is 32.9 Å². The molecule has 1 heterocycles. The molecule has 0 aliphatic carbocycles. The van der Waals surface area contributed by atoms with Crippen LogP contribution in [0.25, 0.3) is 0 Å². The number of amides is 4. The molecule has 164 valence electrons. The molecule has 0 bridgehead atoms. The lowest BCUT2D eigenvalue weighted by Crippen LogP contribution is -2.42. The van der Waals surface area contributed by atoms with Gasteiger partial charge in [0.05, 0.1) is 14.2 Å². The minimum Gasteiger partial charge on any atom is -0.493 e. The van der Waals surface area contributed by atoms with Gasteiger partial charge in [0.25, 0.3) is 5.91 Å². The molecular weight excluding hydrogens is 398 g/mol. The maximum Gasteiger partial charge on any atom is 0.325 e. The summed E-state index contributed by atoms with van der Waals surface area (Å²) in [7, 11) is 3.00. The molecule has 2 aromatic rings. The van der Waals surface area contributed by atoms with Crippen LogP contribution in [0.2, 0.25) is 0 Å². The highest BCUT2D eigenvalue weighted by molar-refractivity contribution is 6.10. The average Bonchev–Trinajstić information content (AvgIpc) is 2.94. The molecule has 1 atom stereocenters. The second-order valence-corrected chi connectivity index (χ2v) is 7.84. The first-order chi connectivity index (χ1) is 14.6. The number of aryl methyl sites for hydroxylation is 3. The van der Waals surface area contributed by atoms with Gasteiger partial charge in [-0.05, 0) is 56.5 Å². The SMILES string of the molecule is COc1ccc(C2(C)NC(=O)N(CC(=O)Nc3c(C)cc(C)cc3C)C2=O)cc1OC. The molecule has 31 heavy (non-hydrogen) atoms. The lowest BCUT2D eigenvalue weighted by atomic mass is 9.91. The smallest absolute Gasteiger partial charge is 0.325 e. The van der Waals surface area contributed by atoms with Crippen LogP contribution in [0.15, 0.2) is 30.3 Å². The van der Waals surface area contributed by atoms with Gasteiger partial charge in [0.2, 0.25) is 5.91 Å². The highest BCUT2D eigenvalue weighted by atomic mass is 16.5. The number of hydrogen-bond acceptors (Lipinski definition) is 5. The number of carbonyl (C=O) groups excluding carboxylic acids is 3. The largest absolute Gasteiger partial charge is 0.493 e. The quantitative estimate of drug-likeness (QED) is 0.694. The van der Waals surface area contributed by atoms with Gasteiger partial charge in [-0.15, -0.1) is 0 Å². The van der Waals surface area contributed by atoms with Crippen LogP contribution in [-0.4, -0.2) is 43.5 Å². The third-order valence-electron chi connectivity index (χ3n) is 5.48. The van der Waals surface area contributed by atoms with Crippen LogP contribution in [-0.2, 0) is 15.1 Å². The number of rotatable bonds is 6. The Kier molecular flexibility index (Phi) is 5.92. The normalized spacial score (nSPS) is 18.1. The molecule has 2 aromatic carbocycles. The van der Waals surface area contributed by atoms with E-state index in [-0.39, 0.29) is 6.54 Å². The molecule has 1 fully saturated rings. The van der Waals surface area contributed by atoms with Crippen molar-refractivity contribution in [3.8, 4) is 11.5 Å². The van der Waals surface area contributed by atoms with Crippen LogP contribution in [0.5, 0.6) is 11.5 Å². The first kappa shape index (κ1) is 22.1. The van der Waals surface area contributed by atoms with E-state index in [9.17, 15) is 14.4 Å². The highest BCUT2D eigenvalue weighted by Crippen LogP contribution is 2.35. The van der Waals surface area contributed by atoms with Crippen molar-refractivity contribution in [2.75, 3.05) is 26.1 Å². The van der Waals surface area contributed by atoms with Crippen LogP contribution in [0.1, 0.15) is 29.2 Å². The van der Waals surface area contributed by atoms with Gasteiger partial charge in [0.1, 0.15) is 12.1 Å². The number of anilines is 1. The van der Waals surface area contributed by atoms with Crippen molar-refractivity contribution < 1.29 is 23.9 Å². The number of hydrogen-bond donors (Lipinski definition) is 2. The summed E-state index contributed by atoms with van der Waals surface area (Å²) >= 11 is 0. The first-order valence-electron chi connectivity index (χ1n) is 9.85. The number of nitrogens with zero attached hydrogens (tertiary/aromatic N) is 1. The zero-order valence-electron chi connectivity index (χ0n) is 18.6. The molecule has 0 saturated carbocycles. The van der Waals surface area contributed by atoms with Crippen molar-refractivity contribution in [3.63, 3.8) is 0 Å².